The zero-order chi connectivity index (χ0) is 13.7. The van der Waals surface area contributed by atoms with E-state index in [1.54, 1.807) is 0 Å². The van der Waals surface area contributed by atoms with Crippen molar-refractivity contribution in [1.82, 2.24) is 14.5 Å². The number of rotatable bonds is 2. The Morgan fingerprint density at radius 2 is 2.05 bits per heavy atom. The third kappa shape index (κ3) is 1.76. The maximum Gasteiger partial charge on any atom is 0.142 e. The van der Waals surface area contributed by atoms with Crippen LogP contribution < -0.4 is 5.73 Å². The number of pyridine rings is 1. The SMILES string of the molecule is Cc1ccc2c(c1)nc(-c1ccc(N)nc1)n2C1CC1. The number of aryl methyl sites for hydroxylation is 1. The second-order valence-electron chi connectivity index (χ2n) is 5.50. The number of imidazole rings is 1. The van der Waals surface area contributed by atoms with Crippen molar-refractivity contribution in [2.75, 3.05) is 5.73 Å². The van der Waals surface area contributed by atoms with Gasteiger partial charge in [0.05, 0.1) is 11.0 Å². The smallest absolute Gasteiger partial charge is 0.142 e. The van der Waals surface area contributed by atoms with Crippen LogP contribution in [0, 0.1) is 6.92 Å². The summed E-state index contributed by atoms with van der Waals surface area (Å²) in [5.74, 6) is 1.54. The second-order valence-corrected chi connectivity index (χ2v) is 5.50. The summed E-state index contributed by atoms with van der Waals surface area (Å²) in [6.07, 6.45) is 4.27. The molecule has 1 fully saturated rings. The summed E-state index contributed by atoms with van der Waals surface area (Å²) < 4.78 is 2.35. The Bertz CT molecular complexity index is 782. The molecule has 0 radical (unpaired) electrons. The average molecular weight is 264 g/mol. The van der Waals surface area contributed by atoms with Crippen molar-refractivity contribution in [3.8, 4) is 11.4 Å². The van der Waals surface area contributed by atoms with Crippen molar-refractivity contribution in [2.24, 2.45) is 0 Å². The standard InChI is InChI=1S/C16H16N4/c1-10-2-6-14-13(8-10)19-16(20(14)12-4-5-12)11-3-7-15(17)18-9-11/h2-3,6-9,12H,4-5H2,1H3,(H2,17,18). The van der Waals surface area contributed by atoms with Crippen LogP contribution in [-0.4, -0.2) is 14.5 Å². The zero-order valence-electron chi connectivity index (χ0n) is 11.4. The molecule has 1 aliphatic carbocycles. The molecule has 0 spiro atoms. The fraction of sp³-hybridized carbons (Fsp3) is 0.250. The van der Waals surface area contributed by atoms with Crippen LogP contribution in [0.4, 0.5) is 5.82 Å². The number of nitrogens with zero attached hydrogens (tertiary/aromatic N) is 3. The van der Waals surface area contributed by atoms with Gasteiger partial charge in [0.1, 0.15) is 11.6 Å². The molecular weight excluding hydrogens is 248 g/mol. The van der Waals surface area contributed by atoms with Crippen LogP contribution in [0.5, 0.6) is 0 Å². The Hall–Kier alpha value is -2.36. The molecular formula is C16H16N4. The van der Waals surface area contributed by atoms with Gasteiger partial charge in [0, 0.05) is 17.8 Å². The number of anilines is 1. The predicted molar refractivity (Wildman–Crippen MR) is 80.4 cm³/mol. The molecule has 4 rings (SSSR count). The van der Waals surface area contributed by atoms with Gasteiger partial charge < -0.3 is 10.3 Å². The summed E-state index contributed by atoms with van der Waals surface area (Å²) in [7, 11) is 0. The van der Waals surface area contributed by atoms with Gasteiger partial charge in [-0.1, -0.05) is 6.07 Å². The number of aromatic nitrogens is 3. The molecule has 20 heavy (non-hydrogen) atoms. The van der Waals surface area contributed by atoms with E-state index in [2.05, 4.69) is 34.7 Å². The first-order valence-electron chi connectivity index (χ1n) is 6.93. The Morgan fingerprint density at radius 1 is 1.20 bits per heavy atom. The highest BCUT2D eigenvalue weighted by atomic mass is 15.1. The lowest BCUT2D eigenvalue weighted by molar-refractivity contribution is 0.775. The number of nitrogen functional groups attached to an aromatic ring is 1. The molecule has 100 valence electrons. The van der Waals surface area contributed by atoms with E-state index in [0.29, 0.717) is 11.9 Å². The summed E-state index contributed by atoms with van der Waals surface area (Å²) in [6, 6.07) is 10.9. The minimum absolute atomic E-state index is 0.540. The van der Waals surface area contributed by atoms with E-state index in [4.69, 9.17) is 10.7 Å². The van der Waals surface area contributed by atoms with Crippen LogP contribution in [0.25, 0.3) is 22.4 Å². The van der Waals surface area contributed by atoms with Gasteiger partial charge in [-0.05, 0) is 49.6 Å². The van der Waals surface area contributed by atoms with Crippen molar-refractivity contribution in [3.05, 3.63) is 42.1 Å². The summed E-state index contributed by atoms with van der Waals surface area (Å²) in [5.41, 5.74) is 10.2. The van der Waals surface area contributed by atoms with Crippen molar-refractivity contribution >= 4 is 16.9 Å². The summed E-state index contributed by atoms with van der Waals surface area (Å²) in [4.78, 5) is 9.01. The van der Waals surface area contributed by atoms with Gasteiger partial charge in [-0.25, -0.2) is 9.97 Å². The van der Waals surface area contributed by atoms with Crippen LogP contribution in [0.1, 0.15) is 24.4 Å². The van der Waals surface area contributed by atoms with Crippen molar-refractivity contribution in [3.63, 3.8) is 0 Å². The van der Waals surface area contributed by atoms with E-state index in [1.807, 2.05) is 18.3 Å². The Kier molecular flexibility index (Phi) is 2.33. The fourth-order valence-electron chi connectivity index (χ4n) is 2.65. The monoisotopic (exact) mass is 264 g/mol. The van der Waals surface area contributed by atoms with Gasteiger partial charge in [-0.2, -0.15) is 0 Å². The number of fused-ring (bicyclic) bond motifs is 1. The topological polar surface area (TPSA) is 56.7 Å². The predicted octanol–water partition coefficient (Wildman–Crippen LogP) is 3.32. The first-order valence-corrected chi connectivity index (χ1v) is 6.93. The van der Waals surface area contributed by atoms with E-state index in [1.165, 1.54) is 23.9 Å². The van der Waals surface area contributed by atoms with Crippen LogP contribution in [0.2, 0.25) is 0 Å². The molecule has 1 aliphatic rings. The molecule has 0 aliphatic heterocycles. The highest BCUT2D eigenvalue weighted by Gasteiger charge is 2.28. The number of nitrogens with two attached hydrogens (primary N) is 1. The summed E-state index contributed by atoms with van der Waals surface area (Å²) >= 11 is 0. The molecule has 1 saturated carbocycles. The minimum Gasteiger partial charge on any atom is -0.384 e. The van der Waals surface area contributed by atoms with Gasteiger partial charge in [0.25, 0.3) is 0 Å². The first kappa shape index (κ1) is 11.5. The number of hydrogen-bond acceptors (Lipinski definition) is 3. The molecule has 2 aromatic heterocycles. The van der Waals surface area contributed by atoms with Gasteiger partial charge in [-0.15, -0.1) is 0 Å². The van der Waals surface area contributed by atoms with E-state index >= 15 is 0 Å². The highest BCUT2D eigenvalue weighted by molar-refractivity contribution is 5.81. The largest absolute Gasteiger partial charge is 0.384 e. The Morgan fingerprint density at radius 3 is 2.75 bits per heavy atom. The highest BCUT2D eigenvalue weighted by Crippen LogP contribution is 2.41. The van der Waals surface area contributed by atoms with Crippen molar-refractivity contribution in [1.29, 1.82) is 0 Å². The molecule has 0 saturated heterocycles. The quantitative estimate of drug-likeness (QED) is 0.772. The third-order valence-corrected chi connectivity index (χ3v) is 3.80. The van der Waals surface area contributed by atoms with Gasteiger partial charge in [0.15, 0.2) is 0 Å². The lowest BCUT2D eigenvalue weighted by atomic mass is 10.2. The Labute approximate surface area is 117 Å². The normalized spacial score (nSPS) is 14.8. The summed E-state index contributed by atoms with van der Waals surface area (Å²) in [5, 5.41) is 0. The van der Waals surface area contributed by atoms with Crippen molar-refractivity contribution < 1.29 is 0 Å². The molecule has 3 aromatic rings. The first-order chi connectivity index (χ1) is 9.72. The molecule has 4 nitrogen and oxygen atoms in total. The van der Waals surface area contributed by atoms with E-state index in [-0.39, 0.29) is 0 Å². The van der Waals surface area contributed by atoms with Crippen LogP contribution >= 0.6 is 0 Å². The molecule has 0 atom stereocenters. The molecule has 2 N–H and O–H groups in total. The molecule has 0 bridgehead atoms. The molecule has 2 heterocycles. The zero-order valence-corrected chi connectivity index (χ0v) is 11.4. The fourth-order valence-corrected chi connectivity index (χ4v) is 2.65. The lowest BCUT2D eigenvalue weighted by Crippen LogP contribution is -1.98. The van der Waals surface area contributed by atoms with Gasteiger partial charge >= 0.3 is 0 Å². The van der Waals surface area contributed by atoms with Crippen LogP contribution in [0.15, 0.2) is 36.5 Å². The maximum atomic E-state index is 5.67. The maximum absolute atomic E-state index is 5.67. The van der Waals surface area contributed by atoms with E-state index in [0.717, 1.165) is 16.9 Å². The number of benzene rings is 1. The summed E-state index contributed by atoms with van der Waals surface area (Å²) in [6.45, 7) is 2.10. The van der Waals surface area contributed by atoms with Crippen molar-refractivity contribution in [2.45, 2.75) is 25.8 Å². The van der Waals surface area contributed by atoms with E-state index < -0.39 is 0 Å². The minimum atomic E-state index is 0.540. The molecule has 0 unspecified atom stereocenters. The third-order valence-electron chi connectivity index (χ3n) is 3.80. The van der Waals surface area contributed by atoms with E-state index in [9.17, 15) is 0 Å². The van der Waals surface area contributed by atoms with Gasteiger partial charge in [0.2, 0.25) is 0 Å². The molecule has 4 heteroatoms. The van der Waals surface area contributed by atoms with Crippen LogP contribution in [-0.2, 0) is 0 Å². The molecule has 0 amide bonds. The second kappa shape index (κ2) is 4.07. The lowest BCUT2D eigenvalue weighted by Gasteiger charge is -2.07. The average Bonchev–Trinajstić information content (AvgIpc) is 3.20. The van der Waals surface area contributed by atoms with Crippen LogP contribution in [0.3, 0.4) is 0 Å². The van der Waals surface area contributed by atoms with Gasteiger partial charge in [-0.3, -0.25) is 0 Å². The Balaban J connectivity index is 1.97. The number of hydrogen-bond donors (Lipinski definition) is 1. The molecule has 1 aromatic carbocycles.